The van der Waals surface area contributed by atoms with Crippen molar-refractivity contribution >= 4 is 11.5 Å². The van der Waals surface area contributed by atoms with Crippen LogP contribution in [0.1, 0.15) is 42.1 Å². The third kappa shape index (κ3) is 3.34. The van der Waals surface area contributed by atoms with Gasteiger partial charge in [0.15, 0.2) is 0 Å². The first-order valence-electron chi connectivity index (χ1n) is 9.65. The summed E-state index contributed by atoms with van der Waals surface area (Å²) >= 11 is 0. The summed E-state index contributed by atoms with van der Waals surface area (Å²) in [7, 11) is 0. The minimum atomic E-state index is -0.327. The molecule has 2 nitrogen and oxygen atoms in total. The molecule has 1 aromatic heterocycles. The van der Waals surface area contributed by atoms with Gasteiger partial charge in [-0.15, -0.1) is 11.6 Å². The molecule has 0 N–H and O–H groups in total. The summed E-state index contributed by atoms with van der Waals surface area (Å²) in [6.45, 7) is 6.47. The van der Waals surface area contributed by atoms with Crippen molar-refractivity contribution in [1.29, 1.82) is 0 Å². The molecular formula is C25H25IrN2-. The Bertz CT molecular complexity index is 958. The minimum absolute atomic E-state index is 0. The van der Waals surface area contributed by atoms with Crippen molar-refractivity contribution in [3.8, 4) is 0 Å². The van der Waals surface area contributed by atoms with E-state index in [4.69, 9.17) is 4.99 Å². The number of allylic oxidation sites excluding steroid dienone is 1. The Morgan fingerprint density at radius 3 is 1.96 bits per heavy atom. The molecule has 0 bridgehead atoms. The first kappa shape index (κ1) is 20.5. The fraction of sp³-hybridized carbons (Fsp3) is 0.240. The number of benzene rings is 2. The molecule has 0 amide bonds. The maximum absolute atomic E-state index is 5.14. The molecule has 0 atom stereocenters. The predicted octanol–water partition coefficient (Wildman–Crippen LogP) is 5.94. The zero-order chi connectivity index (χ0) is 18.9. The standard InChI is InChI=1S/C25H25N2.Ir/c1-4-11-23-25(21-12-7-5-8-13-21,22-14-9-6-10-15-22)18-24(26-23)27-17-16-19(2)20(27)3;/h5-10,12-16,18H,4,11H2,1-3H3;/q-1;. The molecule has 0 saturated carbocycles. The van der Waals surface area contributed by atoms with E-state index in [0.29, 0.717) is 0 Å². The molecule has 1 radical (unpaired) electrons. The van der Waals surface area contributed by atoms with Gasteiger partial charge >= 0.3 is 0 Å². The van der Waals surface area contributed by atoms with Crippen LogP contribution in [0.5, 0.6) is 0 Å². The van der Waals surface area contributed by atoms with E-state index in [1.165, 1.54) is 28.1 Å². The van der Waals surface area contributed by atoms with E-state index < -0.39 is 0 Å². The molecule has 145 valence electrons. The fourth-order valence-corrected chi connectivity index (χ4v) is 3.99. The van der Waals surface area contributed by atoms with Crippen LogP contribution < -0.4 is 0 Å². The van der Waals surface area contributed by atoms with Gasteiger partial charge in [0, 0.05) is 25.8 Å². The third-order valence-corrected chi connectivity index (χ3v) is 5.54. The van der Waals surface area contributed by atoms with E-state index in [2.05, 4.69) is 98.3 Å². The molecule has 2 aromatic carbocycles. The normalized spacial score (nSPS) is 15.0. The number of aromatic nitrogens is 1. The van der Waals surface area contributed by atoms with Crippen LogP contribution in [0.3, 0.4) is 0 Å². The third-order valence-electron chi connectivity index (χ3n) is 5.54. The smallest absolute Gasteiger partial charge is 0.0710 e. The maximum atomic E-state index is 5.14. The summed E-state index contributed by atoms with van der Waals surface area (Å²) in [6.07, 6.45) is 7.71. The van der Waals surface area contributed by atoms with Crippen molar-refractivity contribution in [3.63, 3.8) is 0 Å². The van der Waals surface area contributed by atoms with Crippen molar-refractivity contribution in [1.82, 2.24) is 4.57 Å². The molecule has 0 saturated heterocycles. The van der Waals surface area contributed by atoms with E-state index in [1.54, 1.807) is 0 Å². The molecule has 0 fully saturated rings. The Morgan fingerprint density at radius 1 is 0.929 bits per heavy atom. The molecule has 1 aliphatic heterocycles. The van der Waals surface area contributed by atoms with E-state index in [1.807, 2.05) is 6.07 Å². The Hall–Kier alpha value is -2.22. The van der Waals surface area contributed by atoms with Gasteiger partial charge in [-0.25, -0.2) is 0 Å². The van der Waals surface area contributed by atoms with Gasteiger partial charge in [-0.2, -0.15) is 0 Å². The molecule has 2 heterocycles. The number of aryl methyl sites for hydroxylation is 1. The predicted molar refractivity (Wildman–Crippen MR) is 113 cm³/mol. The van der Waals surface area contributed by atoms with Gasteiger partial charge in [0.2, 0.25) is 0 Å². The van der Waals surface area contributed by atoms with Crippen LogP contribution in [0.15, 0.2) is 77.8 Å². The van der Waals surface area contributed by atoms with Gasteiger partial charge in [-0.05, 0) is 17.5 Å². The molecule has 0 aliphatic carbocycles. The SMILES string of the molecule is CCCC1=NC(n2[c-]cc(C)c2C)=CC1(c1ccccc1)c1ccccc1.[Ir]. The molecule has 28 heavy (non-hydrogen) atoms. The van der Waals surface area contributed by atoms with Crippen molar-refractivity contribution < 1.29 is 20.1 Å². The maximum Gasteiger partial charge on any atom is 0.0710 e. The van der Waals surface area contributed by atoms with Gasteiger partial charge < -0.3 is 4.57 Å². The van der Waals surface area contributed by atoms with Crippen LogP contribution >= 0.6 is 0 Å². The van der Waals surface area contributed by atoms with E-state index >= 15 is 0 Å². The van der Waals surface area contributed by atoms with Gasteiger partial charge in [0.1, 0.15) is 0 Å². The Morgan fingerprint density at radius 2 is 1.50 bits per heavy atom. The van der Waals surface area contributed by atoms with Crippen molar-refractivity contribution in [2.45, 2.75) is 39.0 Å². The van der Waals surface area contributed by atoms with E-state index in [9.17, 15) is 0 Å². The average Bonchev–Trinajstić information content (AvgIpc) is 3.25. The number of hydrogen-bond acceptors (Lipinski definition) is 1. The minimum Gasteiger partial charge on any atom is -0.433 e. The first-order valence-corrected chi connectivity index (χ1v) is 9.65. The van der Waals surface area contributed by atoms with Crippen LogP contribution in [-0.2, 0) is 25.5 Å². The quantitative estimate of drug-likeness (QED) is 0.353. The van der Waals surface area contributed by atoms with Crippen LogP contribution in [0.4, 0.5) is 0 Å². The first-order chi connectivity index (χ1) is 13.2. The largest absolute Gasteiger partial charge is 0.433 e. The topological polar surface area (TPSA) is 17.3 Å². The van der Waals surface area contributed by atoms with Crippen molar-refractivity contribution in [2.24, 2.45) is 4.99 Å². The molecule has 1 aliphatic rings. The Kier molecular flexibility index (Phi) is 6.17. The molecule has 3 heteroatoms. The number of rotatable bonds is 5. The number of hydrogen-bond donors (Lipinski definition) is 0. The van der Waals surface area contributed by atoms with Crippen molar-refractivity contribution in [2.75, 3.05) is 0 Å². The van der Waals surface area contributed by atoms with Crippen LogP contribution in [-0.4, -0.2) is 10.3 Å². The molecule has 3 aromatic rings. The molecular weight excluding hydrogens is 521 g/mol. The van der Waals surface area contributed by atoms with E-state index in [0.717, 1.165) is 18.7 Å². The van der Waals surface area contributed by atoms with Gasteiger partial charge in [0.25, 0.3) is 0 Å². The van der Waals surface area contributed by atoms with Crippen molar-refractivity contribution in [3.05, 3.63) is 101 Å². The summed E-state index contributed by atoms with van der Waals surface area (Å²) in [4.78, 5) is 5.14. The Balaban J connectivity index is 0.00000225. The van der Waals surface area contributed by atoms with E-state index in [-0.39, 0.29) is 25.5 Å². The second-order valence-corrected chi connectivity index (χ2v) is 7.23. The molecule has 0 spiro atoms. The monoisotopic (exact) mass is 546 g/mol. The molecule has 4 rings (SSSR count). The summed E-state index contributed by atoms with van der Waals surface area (Å²) in [5.41, 5.74) is 5.83. The fourth-order valence-electron chi connectivity index (χ4n) is 3.99. The number of aliphatic imine (C=N–C) groups is 1. The van der Waals surface area contributed by atoms with Gasteiger partial charge in [0.05, 0.1) is 11.2 Å². The van der Waals surface area contributed by atoms with Gasteiger partial charge in [-0.1, -0.05) is 106 Å². The average molecular weight is 546 g/mol. The summed E-state index contributed by atoms with van der Waals surface area (Å²) < 4.78 is 2.10. The Labute approximate surface area is 181 Å². The second-order valence-electron chi connectivity index (χ2n) is 7.23. The molecule has 0 unspecified atom stereocenters. The van der Waals surface area contributed by atoms with Crippen LogP contribution in [0.2, 0.25) is 0 Å². The zero-order valence-corrected chi connectivity index (χ0v) is 19.0. The van der Waals surface area contributed by atoms with Crippen LogP contribution in [0.25, 0.3) is 5.82 Å². The summed E-state index contributed by atoms with van der Waals surface area (Å²) in [6, 6.07) is 23.5. The van der Waals surface area contributed by atoms with Crippen LogP contribution in [0, 0.1) is 20.0 Å². The summed E-state index contributed by atoms with van der Waals surface area (Å²) in [5, 5.41) is 0. The van der Waals surface area contributed by atoms with Gasteiger partial charge in [-0.3, -0.25) is 4.99 Å². The summed E-state index contributed by atoms with van der Waals surface area (Å²) in [5.74, 6) is 0.969. The second kappa shape index (κ2) is 8.43. The number of nitrogens with zero attached hydrogens (tertiary/aromatic N) is 2. The zero-order valence-electron chi connectivity index (χ0n) is 16.6.